The van der Waals surface area contributed by atoms with Crippen LogP contribution in [-0.4, -0.2) is 36.6 Å². The minimum atomic E-state index is 0.325. The summed E-state index contributed by atoms with van der Waals surface area (Å²) >= 11 is 1.84. The molecule has 2 aromatic rings. The number of hydrogen-bond acceptors (Lipinski definition) is 5. The maximum Gasteiger partial charge on any atom is 0.123 e. The smallest absolute Gasteiger partial charge is 0.123 e. The number of benzene rings is 1. The lowest BCUT2D eigenvalue weighted by Gasteiger charge is -2.36. The van der Waals surface area contributed by atoms with Gasteiger partial charge < -0.3 is 10.1 Å². The van der Waals surface area contributed by atoms with Crippen molar-refractivity contribution in [2.24, 2.45) is 0 Å². The molecule has 0 spiro atoms. The van der Waals surface area contributed by atoms with Crippen molar-refractivity contribution < 1.29 is 4.74 Å². The molecule has 0 saturated carbocycles. The second-order valence-corrected chi connectivity index (χ2v) is 7.39. The molecular formula is C18H25N3OS. The van der Waals surface area contributed by atoms with E-state index >= 15 is 0 Å². The van der Waals surface area contributed by atoms with Gasteiger partial charge in [-0.2, -0.15) is 0 Å². The predicted octanol–water partition coefficient (Wildman–Crippen LogP) is 3.42. The first kappa shape index (κ1) is 16.4. The molecule has 1 aliphatic rings. The van der Waals surface area contributed by atoms with Crippen LogP contribution in [0.5, 0.6) is 5.75 Å². The minimum Gasteiger partial charge on any atom is -0.496 e. The molecule has 2 heterocycles. The Bertz CT molecular complexity index is 641. The van der Waals surface area contributed by atoms with Gasteiger partial charge in [-0.15, -0.1) is 11.3 Å². The lowest BCUT2D eigenvalue weighted by Crippen LogP contribution is -2.45. The van der Waals surface area contributed by atoms with Crippen molar-refractivity contribution in [3.8, 4) is 5.75 Å². The monoisotopic (exact) mass is 331 g/mol. The van der Waals surface area contributed by atoms with Gasteiger partial charge in [0.2, 0.25) is 0 Å². The molecule has 1 aromatic carbocycles. The molecular weight excluding hydrogens is 306 g/mol. The van der Waals surface area contributed by atoms with Crippen molar-refractivity contribution in [1.82, 2.24) is 15.2 Å². The summed E-state index contributed by atoms with van der Waals surface area (Å²) < 4.78 is 5.57. The highest BCUT2D eigenvalue weighted by Crippen LogP contribution is 2.32. The number of piperazine rings is 1. The molecule has 1 atom stereocenters. The molecule has 0 amide bonds. The summed E-state index contributed by atoms with van der Waals surface area (Å²) in [6.07, 6.45) is 2.03. The first-order chi connectivity index (χ1) is 11.2. The number of thiazole rings is 1. The topological polar surface area (TPSA) is 37.4 Å². The van der Waals surface area contributed by atoms with E-state index in [-0.39, 0.29) is 0 Å². The van der Waals surface area contributed by atoms with Gasteiger partial charge in [-0.1, -0.05) is 32.0 Å². The third kappa shape index (κ3) is 3.74. The SMILES string of the molecule is COc1ccccc1C1CNCCN1Cc1ncc(C(C)C)s1. The van der Waals surface area contributed by atoms with Gasteiger partial charge in [0.05, 0.1) is 19.7 Å². The molecule has 1 unspecified atom stereocenters. The lowest BCUT2D eigenvalue weighted by atomic mass is 10.0. The fourth-order valence-corrected chi connectivity index (χ4v) is 3.97. The molecule has 0 bridgehead atoms. The van der Waals surface area contributed by atoms with Crippen LogP contribution in [0.4, 0.5) is 0 Å². The van der Waals surface area contributed by atoms with Crippen LogP contribution in [0.2, 0.25) is 0 Å². The summed E-state index contributed by atoms with van der Waals surface area (Å²) in [5, 5.41) is 4.71. The largest absolute Gasteiger partial charge is 0.496 e. The summed E-state index contributed by atoms with van der Waals surface area (Å²) in [6.45, 7) is 8.34. The molecule has 23 heavy (non-hydrogen) atoms. The molecule has 4 nitrogen and oxygen atoms in total. The zero-order valence-electron chi connectivity index (χ0n) is 14.1. The molecule has 1 fully saturated rings. The number of ether oxygens (including phenoxy) is 1. The first-order valence-corrected chi connectivity index (χ1v) is 9.03. The summed E-state index contributed by atoms with van der Waals surface area (Å²) in [4.78, 5) is 8.50. The van der Waals surface area contributed by atoms with Gasteiger partial charge in [0.15, 0.2) is 0 Å². The van der Waals surface area contributed by atoms with Crippen LogP contribution in [0.1, 0.15) is 41.3 Å². The van der Waals surface area contributed by atoms with Crippen LogP contribution in [0.3, 0.4) is 0 Å². The van der Waals surface area contributed by atoms with Crippen LogP contribution < -0.4 is 10.1 Å². The number of aromatic nitrogens is 1. The highest BCUT2D eigenvalue weighted by atomic mass is 32.1. The number of hydrogen-bond donors (Lipinski definition) is 1. The second kappa shape index (κ2) is 7.43. The Morgan fingerprint density at radius 1 is 1.39 bits per heavy atom. The maximum atomic E-state index is 5.57. The zero-order valence-corrected chi connectivity index (χ0v) is 14.9. The van der Waals surface area contributed by atoms with E-state index in [4.69, 9.17) is 4.74 Å². The quantitative estimate of drug-likeness (QED) is 0.911. The van der Waals surface area contributed by atoms with Crippen molar-refractivity contribution in [2.45, 2.75) is 32.4 Å². The van der Waals surface area contributed by atoms with Gasteiger partial charge >= 0.3 is 0 Å². The van der Waals surface area contributed by atoms with E-state index < -0.39 is 0 Å². The molecule has 0 aliphatic carbocycles. The van der Waals surface area contributed by atoms with E-state index in [2.05, 4.69) is 41.2 Å². The van der Waals surface area contributed by atoms with Crippen molar-refractivity contribution in [3.05, 3.63) is 45.9 Å². The summed E-state index contributed by atoms with van der Waals surface area (Å²) in [5.74, 6) is 1.52. The number of rotatable bonds is 5. The van der Waals surface area contributed by atoms with Gasteiger partial charge in [-0.3, -0.25) is 4.90 Å². The van der Waals surface area contributed by atoms with Crippen molar-refractivity contribution >= 4 is 11.3 Å². The predicted molar refractivity (Wildman–Crippen MR) is 95.2 cm³/mol. The number of methoxy groups -OCH3 is 1. The van der Waals surface area contributed by atoms with E-state index in [0.717, 1.165) is 31.9 Å². The Kier molecular flexibility index (Phi) is 5.30. The fraction of sp³-hybridized carbons (Fsp3) is 0.500. The summed E-state index contributed by atoms with van der Waals surface area (Å²) in [7, 11) is 1.75. The molecule has 3 rings (SSSR count). The Morgan fingerprint density at radius 2 is 2.22 bits per heavy atom. The van der Waals surface area contributed by atoms with Gasteiger partial charge in [-0.25, -0.2) is 4.98 Å². The van der Waals surface area contributed by atoms with E-state index in [1.165, 1.54) is 15.4 Å². The Hall–Kier alpha value is -1.43. The third-order valence-electron chi connectivity index (χ3n) is 4.33. The highest BCUT2D eigenvalue weighted by molar-refractivity contribution is 7.11. The fourth-order valence-electron chi connectivity index (χ4n) is 3.02. The molecule has 1 aromatic heterocycles. The van der Waals surface area contributed by atoms with Gasteiger partial charge in [-0.05, 0) is 12.0 Å². The summed E-state index contributed by atoms with van der Waals surface area (Å²) in [5.41, 5.74) is 1.25. The van der Waals surface area contributed by atoms with Crippen LogP contribution >= 0.6 is 11.3 Å². The van der Waals surface area contributed by atoms with Crippen LogP contribution in [0.15, 0.2) is 30.5 Å². The first-order valence-electron chi connectivity index (χ1n) is 8.21. The Balaban J connectivity index is 1.81. The molecule has 1 saturated heterocycles. The Morgan fingerprint density at radius 3 is 2.96 bits per heavy atom. The van der Waals surface area contributed by atoms with Gasteiger partial charge in [0, 0.05) is 36.3 Å². The number of nitrogens with zero attached hydrogens (tertiary/aromatic N) is 2. The minimum absolute atomic E-state index is 0.325. The molecule has 5 heteroatoms. The number of nitrogens with one attached hydrogen (secondary N) is 1. The van der Waals surface area contributed by atoms with Crippen molar-refractivity contribution in [2.75, 3.05) is 26.7 Å². The van der Waals surface area contributed by atoms with Crippen LogP contribution in [0.25, 0.3) is 0 Å². The number of para-hydroxylation sites is 1. The van der Waals surface area contributed by atoms with E-state index in [1.807, 2.05) is 29.7 Å². The van der Waals surface area contributed by atoms with Gasteiger partial charge in [0.25, 0.3) is 0 Å². The summed E-state index contributed by atoms with van der Waals surface area (Å²) in [6, 6.07) is 8.66. The van der Waals surface area contributed by atoms with E-state index in [0.29, 0.717) is 12.0 Å². The van der Waals surface area contributed by atoms with Crippen LogP contribution in [0, 0.1) is 0 Å². The standard InChI is InChI=1S/C18H25N3OS/c1-13(2)17-11-20-18(23-17)12-21-9-8-19-10-15(21)14-6-4-5-7-16(14)22-3/h4-7,11,13,15,19H,8-10,12H2,1-3H3. The van der Waals surface area contributed by atoms with Crippen molar-refractivity contribution in [3.63, 3.8) is 0 Å². The average Bonchev–Trinajstić information content (AvgIpc) is 3.04. The van der Waals surface area contributed by atoms with Crippen molar-refractivity contribution in [1.29, 1.82) is 0 Å². The van der Waals surface area contributed by atoms with E-state index in [1.54, 1.807) is 7.11 Å². The van der Waals surface area contributed by atoms with E-state index in [9.17, 15) is 0 Å². The lowest BCUT2D eigenvalue weighted by molar-refractivity contribution is 0.151. The van der Waals surface area contributed by atoms with Crippen LogP contribution in [-0.2, 0) is 6.54 Å². The molecule has 0 radical (unpaired) electrons. The third-order valence-corrected chi connectivity index (χ3v) is 5.61. The second-order valence-electron chi connectivity index (χ2n) is 6.24. The van der Waals surface area contributed by atoms with Gasteiger partial charge in [0.1, 0.15) is 10.8 Å². The normalized spacial score (nSPS) is 19.2. The molecule has 1 aliphatic heterocycles. The molecule has 124 valence electrons. The zero-order chi connectivity index (χ0) is 16.2. The maximum absolute atomic E-state index is 5.57. The molecule has 1 N–H and O–H groups in total. The average molecular weight is 331 g/mol. The highest BCUT2D eigenvalue weighted by Gasteiger charge is 2.26. The Labute approximate surface area is 142 Å².